The highest BCUT2D eigenvalue weighted by atomic mass is 32.2. The van der Waals surface area contributed by atoms with Gasteiger partial charge in [0.2, 0.25) is 10.0 Å². The highest BCUT2D eigenvalue weighted by Gasteiger charge is 2.45. The summed E-state index contributed by atoms with van der Waals surface area (Å²) in [6.45, 7) is 1.05. The van der Waals surface area contributed by atoms with E-state index in [1.165, 1.54) is 10.6 Å². The zero-order valence-corrected chi connectivity index (χ0v) is 11.0. The van der Waals surface area contributed by atoms with Crippen LogP contribution in [0.1, 0.15) is 32.1 Å². The summed E-state index contributed by atoms with van der Waals surface area (Å²) in [6, 6.07) is -0.00500. The zero-order valence-electron chi connectivity index (χ0n) is 10.2. The monoisotopic (exact) mass is 264 g/mol. The fourth-order valence-corrected chi connectivity index (χ4v) is 4.00. The summed E-state index contributed by atoms with van der Waals surface area (Å²) < 4.78 is 38.5. The normalized spacial score (nSPS) is 39.9. The Morgan fingerprint density at radius 2 is 2.12 bits per heavy atom. The Hall–Kier alpha value is -0.200. The first-order valence-corrected chi connectivity index (χ1v) is 8.03. The standard InChI is InChI=1S/C11H21FN2O2S/c1-17(15,16)14-4-2-3-9(8-14)5-11(12)6-10(13)7-11/h9-10H,2-8,13H2,1H3. The van der Waals surface area contributed by atoms with Crippen LogP contribution in [0.3, 0.4) is 0 Å². The van der Waals surface area contributed by atoms with Crippen molar-refractivity contribution in [3.8, 4) is 0 Å². The van der Waals surface area contributed by atoms with Gasteiger partial charge in [0, 0.05) is 19.1 Å². The molecule has 0 amide bonds. The lowest BCUT2D eigenvalue weighted by atomic mass is 9.71. The summed E-state index contributed by atoms with van der Waals surface area (Å²) in [6.07, 6.45) is 4.31. The smallest absolute Gasteiger partial charge is 0.211 e. The molecule has 2 rings (SSSR count). The highest BCUT2D eigenvalue weighted by molar-refractivity contribution is 7.88. The van der Waals surface area contributed by atoms with E-state index in [9.17, 15) is 12.8 Å². The molecule has 6 heteroatoms. The summed E-state index contributed by atoms with van der Waals surface area (Å²) >= 11 is 0. The second-order valence-corrected chi connectivity index (χ2v) is 7.64. The molecule has 2 N–H and O–H groups in total. The van der Waals surface area contributed by atoms with Gasteiger partial charge >= 0.3 is 0 Å². The lowest BCUT2D eigenvalue weighted by molar-refractivity contribution is 0.0107. The maximum atomic E-state index is 14.1. The number of hydrogen-bond donors (Lipinski definition) is 1. The van der Waals surface area contributed by atoms with Crippen molar-refractivity contribution in [1.82, 2.24) is 4.31 Å². The van der Waals surface area contributed by atoms with Crippen LogP contribution in [0, 0.1) is 5.92 Å². The van der Waals surface area contributed by atoms with E-state index in [2.05, 4.69) is 0 Å². The number of sulfonamides is 1. The second kappa shape index (κ2) is 4.48. The molecule has 1 saturated carbocycles. The molecule has 0 bridgehead atoms. The lowest BCUT2D eigenvalue weighted by Crippen LogP contribution is -2.51. The number of piperidine rings is 1. The molecule has 0 aromatic rings. The second-order valence-electron chi connectivity index (χ2n) is 5.65. The molecule has 2 fully saturated rings. The Morgan fingerprint density at radius 3 is 2.65 bits per heavy atom. The molecule has 1 atom stereocenters. The van der Waals surface area contributed by atoms with Gasteiger partial charge in [-0.15, -0.1) is 0 Å². The first-order chi connectivity index (χ1) is 7.78. The summed E-state index contributed by atoms with van der Waals surface area (Å²) in [5.41, 5.74) is 4.48. The number of halogens is 1. The van der Waals surface area contributed by atoms with Gasteiger partial charge in [0.15, 0.2) is 0 Å². The third-order valence-corrected chi connectivity index (χ3v) is 5.13. The van der Waals surface area contributed by atoms with Gasteiger partial charge in [-0.1, -0.05) is 0 Å². The summed E-state index contributed by atoms with van der Waals surface area (Å²) in [5.74, 6) is 0.149. The van der Waals surface area contributed by atoms with Gasteiger partial charge in [0.1, 0.15) is 5.67 Å². The van der Waals surface area contributed by atoms with E-state index >= 15 is 0 Å². The average molecular weight is 264 g/mol. The fraction of sp³-hybridized carbons (Fsp3) is 1.00. The topological polar surface area (TPSA) is 63.4 Å². The Balaban J connectivity index is 1.90. The van der Waals surface area contributed by atoms with Crippen LogP contribution in [0.2, 0.25) is 0 Å². The van der Waals surface area contributed by atoms with E-state index in [-0.39, 0.29) is 12.0 Å². The molecule has 0 radical (unpaired) electrons. The SMILES string of the molecule is CS(=O)(=O)N1CCCC(CC2(F)CC(N)C2)C1. The number of hydrogen-bond acceptors (Lipinski definition) is 3. The summed E-state index contributed by atoms with van der Waals surface area (Å²) in [5, 5.41) is 0. The predicted molar refractivity (Wildman–Crippen MR) is 64.8 cm³/mol. The number of nitrogens with two attached hydrogens (primary N) is 1. The van der Waals surface area contributed by atoms with E-state index < -0.39 is 15.7 Å². The van der Waals surface area contributed by atoms with Crippen LogP contribution in [-0.2, 0) is 10.0 Å². The third-order valence-electron chi connectivity index (χ3n) is 3.86. The van der Waals surface area contributed by atoms with Crippen molar-refractivity contribution in [2.75, 3.05) is 19.3 Å². The van der Waals surface area contributed by atoms with Crippen molar-refractivity contribution < 1.29 is 12.8 Å². The zero-order chi connectivity index (χ0) is 12.7. The molecular formula is C11H21FN2O2S. The van der Waals surface area contributed by atoms with Crippen molar-refractivity contribution >= 4 is 10.0 Å². The average Bonchev–Trinajstić information content (AvgIpc) is 2.14. The van der Waals surface area contributed by atoms with E-state index in [0.717, 1.165) is 12.8 Å². The van der Waals surface area contributed by atoms with E-state index in [4.69, 9.17) is 5.73 Å². The fourth-order valence-electron chi connectivity index (χ4n) is 3.06. The molecule has 100 valence electrons. The molecule has 0 aromatic carbocycles. The maximum Gasteiger partial charge on any atom is 0.211 e. The molecule has 0 spiro atoms. The number of nitrogens with zero attached hydrogens (tertiary/aromatic N) is 1. The minimum atomic E-state index is -3.13. The van der Waals surface area contributed by atoms with Gasteiger partial charge in [-0.3, -0.25) is 0 Å². The minimum Gasteiger partial charge on any atom is -0.327 e. The molecule has 17 heavy (non-hydrogen) atoms. The lowest BCUT2D eigenvalue weighted by Gasteiger charge is -2.43. The summed E-state index contributed by atoms with van der Waals surface area (Å²) in [7, 11) is -3.13. The van der Waals surface area contributed by atoms with Crippen LogP contribution in [0.15, 0.2) is 0 Å². The van der Waals surface area contributed by atoms with E-state index in [1.54, 1.807) is 0 Å². The molecule has 1 unspecified atom stereocenters. The van der Waals surface area contributed by atoms with Gasteiger partial charge in [-0.05, 0) is 38.0 Å². The van der Waals surface area contributed by atoms with Crippen LogP contribution in [0.25, 0.3) is 0 Å². The van der Waals surface area contributed by atoms with E-state index in [0.29, 0.717) is 32.4 Å². The molecule has 1 aliphatic carbocycles. The highest BCUT2D eigenvalue weighted by Crippen LogP contribution is 2.42. The van der Waals surface area contributed by atoms with Crippen molar-refractivity contribution in [3.63, 3.8) is 0 Å². The Morgan fingerprint density at radius 1 is 1.47 bits per heavy atom. The number of rotatable bonds is 3. The number of alkyl halides is 1. The van der Waals surface area contributed by atoms with Crippen LogP contribution in [0.5, 0.6) is 0 Å². The minimum absolute atomic E-state index is 0.00500. The van der Waals surface area contributed by atoms with Crippen LogP contribution < -0.4 is 5.73 Å². The Bertz CT molecular complexity index is 379. The van der Waals surface area contributed by atoms with Gasteiger partial charge in [0.25, 0.3) is 0 Å². The van der Waals surface area contributed by atoms with Gasteiger partial charge < -0.3 is 5.73 Å². The molecule has 2 aliphatic rings. The molecule has 1 heterocycles. The van der Waals surface area contributed by atoms with Crippen molar-refractivity contribution in [2.24, 2.45) is 11.7 Å². The van der Waals surface area contributed by atoms with Crippen LogP contribution in [-0.4, -0.2) is 43.8 Å². The Labute approximate surface area is 102 Å². The van der Waals surface area contributed by atoms with Gasteiger partial charge in [-0.2, -0.15) is 0 Å². The van der Waals surface area contributed by atoms with Crippen LogP contribution in [0.4, 0.5) is 4.39 Å². The summed E-state index contributed by atoms with van der Waals surface area (Å²) in [4.78, 5) is 0. The molecule has 1 saturated heterocycles. The van der Waals surface area contributed by atoms with Crippen molar-refractivity contribution in [1.29, 1.82) is 0 Å². The van der Waals surface area contributed by atoms with Gasteiger partial charge in [-0.25, -0.2) is 17.1 Å². The van der Waals surface area contributed by atoms with Gasteiger partial charge in [0.05, 0.1) is 6.26 Å². The predicted octanol–water partition coefficient (Wildman–Crippen LogP) is 0.878. The van der Waals surface area contributed by atoms with Crippen LogP contribution >= 0.6 is 0 Å². The molecular weight excluding hydrogens is 243 g/mol. The van der Waals surface area contributed by atoms with Crippen molar-refractivity contribution in [2.45, 2.75) is 43.8 Å². The van der Waals surface area contributed by atoms with Crippen molar-refractivity contribution in [3.05, 3.63) is 0 Å². The quantitative estimate of drug-likeness (QED) is 0.823. The largest absolute Gasteiger partial charge is 0.327 e. The first kappa shape index (κ1) is 13.2. The third kappa shape index (κ3) is 3.17. The molecule has 1 aliphatic heterocycles. The molecule has 4 nitrogen and oxygen atoms in total. The maximum absolute atomic E-state index is 14.1. The first-order valence-electron chi connectivity index (χ1n) is 6.18. The Kier molecular flexibility index (Phi) is 3.49. The van der Waals surface area contributed by atoms with E-state index in [1.807, 2.05) is 0 Å². The molecule has 0 aromatic heterocycles.